The molecule has 1 aliphatic heterocycles. The monoisotopic (exact) mass is 275 g/mol. The highest BCUT2D eigenvalue weighted by Gasteiger charge is 2.25. The van der Waals surface area contributed by atoms with Crippen LogP contribution in [0.25, 0.3) is 0 Å². The Hall–Kier alpha value is -1.35. The second kappa shape index (κ2) is 5.96. The average Bonchev–Trinajstić information content (AvgIpc) is 2.82. The molecular formula is C17H25NO2. The molecule has 0 N–H and O–H groups in total. The van der Waals surface area contributed by atoms with E-state index >= 15 is 0 Å². The van der Waals surface area contributed by atoms with Gasteiger partial charge in [-0.25, -0.2) is 0 Å². The van der Waals surface area contributed by atoms with Crippen LogP contribution in [0.3, 0.4) is 0 Å². The molecule has 20 heavy (non-hydrogen) atoms. The molecule has 110 valence electrons. The fourth-order valence-corrected chi connectivity index (χ4v) is 2.49. The van der Waals surface area contributed by atoms with Crippen molar-refractivity contribution in [2.45, 2.75) is 52.2 Å². The van der Waals surface area contributed by atoms with Crippen molar-refractivity contribution in [3.63, 3.8) is 0 Å². The summed E-state index contributed by atoms with van der Waals surface area (Å²) in [5, 5.41) is 0. The van der Waals surface area contributed by atoms with Crippen molar-refractivity contribution in [1.29, 1.82) is 0 Å². The van der Waals surface area contributed by atoms with Crippen molar-refractivity contribution in [2.24, 2.45) is 0 Å². The first kappa shape index (κ1) is 15.0. The van der Waals surface area contributed by atoms with Gasteiger partial charge in [-0.15, -0.1) is 0 Å². The van der Waals surface area contributed by atoms with Gasteiger partial charge in [-0.3, -0.25) is 4.79 Å². The van der Waals surface area contributed by atoms with Crippen LogP contribution in [-0.2, 0) is 21.4 Å². The van der Waals surface area contributed by atoms with Gasteiger partial charge in [-0.05, 0) is 29.9 Å². The number of hydrogen-bond donors (Lipinski definition) is 0. The van der Waals surface area contributed by atoms with Gasteiger partial charge in [-0.2, -0.15) is 0 Å². The van der Waals surface area contributed by atoms with E-state index in [1.165, 1.54) is 11.1 Å². The van der Waals surface area contributed by atoms with Gasteiger partial charge in [0.15, 0.2) is 0 Å². The lowest BCUT2D eigenvalue weighted by Gasteiger charge is -2.20. The normalized spacial score (nSPS) is 19.4. The van der Waals surface area contributed by atoms with Gasteiger partial charge < -0.3 is 9.64 Å². The standard InChI is InChI=1S/C17H25NO2/c1-13-18(11-12-20-13)16(19)10-7-14-5-8-15(9-6-14)17(2,3)4/h5-6,8-9,13H,7,10-12H2,1-4H3. The number of benzene rings is 1. The predicted molar refractivity (Wildman–Crippen MR) is 80.6 cm³/mol. The van der Waals surface area contributed by atoms with Crippen LogP contribution in [0.5, 0.6) is 0 Å². The minimum absolute atomic E-state index is 0.0641. The zero-order chi connectivity index (χ0) is 14.8. The molecule has 1 atom stereocenters. The average molecular weight is 275 g/mol. The summed E-state index contributed by atoms with van der Waals surface area (Å²) in [6.07, 6.45) is 1.29. The van der Waals surface area contributed by atoms with E-state index < -0.39 is 0 Å². The number of hydrogen-bond acceptors (Lipinski definition) is 2. The summed E-state index contributed by atoms with van der Waals surface area (Å²) in [4.78, 5) is 13.9. The van der Waals surface area contributed by atoms with Crippen molar-refractivity contribution < 1.29 is 9.53 Å². The molecule has 1 aromatic rings. The molecule has 1 aliphatic rings. The van der Waals surface area contributed by atoms with Crippen LogP contribution in [0.15, 0.2) is 24.3 Å². The van der Waals surface area contributed by atoms with Crippen molar-refractivity contribution in [3.8, 4) is 0 Å². The minimum Gasteiger partial charge on any atom is -0.357 e. The molecule has 1 saturated heterocycles. The number of nitrogens with zero attached hydrogens (tertiary/aromatic N) is 1. The lowest BCUT2D eigenvalue weighted by atomic mass is 9.86. The van der Waals surface area contributed by atoms with E-state index in [2.05, 4.69) is 45.0 Å². The summed E-state index contributed by atoms with van der Waals surface area (Å²) < 4.78 is 5.40. The highest BCUT2D eigenvalue weighted by atomic mass is 16.5. The molecule has 0 spiro atoms. The number of carbonyl (C=O) groups excluding carboxylic acids is 1. The molecule has 1 heterocycles. The molecule has 0 aromatic heterocycles. The number of amides is 1. The predicted octanol–water partition coefficient (Wildman–Crippen LogP) is 3.12. The maximum Gasteiger partial charge on any atom is 0.225 e. The smallest absolute Gasteiger partial charge is 0.225 e. The Morgan fingerprint density at radius 3 is 2.45 bits per heavy atom. The molecule has 0 saturated carbocycles. The highest BCUT2D eigenvalue weighted by Crippen LogP contribution is 2.22. The zero-order valence-electron chi connectivity index (χ0n) is 13.0. The Kier molecular flexibility index (Phi) is 4.48. The molecule has 3 nitrogen and oxygen atoms in total. The molecule has 0 aliphatic carbocycles. The number of ether oxygens (including phenoxy) is 1. The van der Waals surface area contributed by atoms with Gasteiger partial charge in [0.2, 0.25) is 5.91 Å². The lowest BCUT2D eigenvalue weighted by molar-refractivity contribution is -0.135. The first-order valence-electron chi connectivity index (χ1n) is 7.38. The lowest BCUT2D eigenvalue weighted by Crippen LogP contribution is -2.34. The summed E-state index contributed by atoms with van der Waals surface area (Å²) in [6.45, 7) is 9.94. The van der Waals surface area contributed by atoms with Crippen LogP contribution in [0.2, 0.25) is 0 Å². The van der Waals surface area contributed by atoms with E-state index in [0.717, 1.165) is 13.0 Å². The minimum atomic E-state index is -0.0641. The third kappa shape index (κ3) is 3.60. The van der Waals surface area contributed by atoms with E-state index in [1.807, 2.05) is 11.8 Å². The Morgan fingerprint density at radius 2 is 1.95 bits per heavy atom. The van der Waals surface area contributed by atoms with Crippen LogP contribution >= 0.6 is 0 Å². The number of rotatable bonds is 3. The van der Waals surface area contributed by atoms with Crippen molar-refractivity contribution in [2.75, 3.05) is 13.2 Å². The molecule has 3 heteroatoms. The summed E-state index contributed by atoms with van der Waals surface area (Å²) in [5.41, 5.74) is 2.73. The van der Waals surface area contributed by atoms with E-state index in [1.54, 1.807) is 0 Å². The fourth-order valence-electron chi connectivity index (χ4n) is 2.49. The Bertz CT molecular complexity index is 459. The van der Waals surface area contributed by atoms with Gasteiger partial charge in [-0.1, -0.05) is 45.0 Å². The molecule has 2 rings (SSSR count). The summed E-state index contributed by atoms with van der Waals surface area (Å²) >= 11 is 0. The first-order valence-corrected chi connectivity index (χ1v) is 7.38. The zero-order valence-corrected chi connectivity index (χ0v) is 13.0. The Balaban J connectivity index is 1.89. The van der Waals surface area contributed by atoms with Crippen molar-refractivity contribution in [1.82, 2.24) is 4.90 Å². The Morgan fingerprint density at radius 1 is 1.30 bits per heavy atom. The molecule has 0 radical (unpaired) electrons. The van der Waals surface area contributed by atoms with Crippen molar-refractivity contribution in [3.05, 3.63) is 35.4 Å². The Labute approximate surface area is 121 Å². The SMILES string of the molecule is CC1OCCN1C(=O)CCc1ccc(C(C)(C)C)cc1. The largest absolute Gasteiger partial charge is 0.357 e. The van der Waals surface area contributed by atoms with Crippen LogP contribution < -0.4 is 0 Å². The van der Waals surface area contributed by atoms with E-state index in [-0.39, 0.29) is 17.6 Å². The molecule has 1 unspecified atom stereocenters. The van der Waals surface area contributed by atoms with Crippen LogP contribution in [0.4, 0.5) is 0 Å². The van der Waals surface area contributed by atoms with Gasteiger partial charge in [0, 0.05) is 13.0 Å². The number of aryl methyl sites for hydroxylation is 1. The summed E-state index contributed by atoms with van der Waals surface area (Å²) in [6, 6.07) is 8.61. The second-order valence-electron chi connectivity index (χ2n) is 6.50. The third-order valence-corrected chi connectivity index (χ3v) is 3.90. The third-order valence-electron chi connectivity index (χ3n) is 3.90. The van der Waals surface area contributed by atoms with Crippen LogP contribution in [0, 0.1) is 0 Å². The molecule has 1 fully saturated rings. The number of carbonyl (C=O) groups is 1. The molecule has 0 bridgehead atoms. The molecule has 1 aromatic carbocycles. The first-order chi connectivity index (χ1) is 9.38. The van der Waals surface area contributed by atoms with Crippen LogP contribution in [-0.4, -0.2) is 30.2 Å². The topological polar surface area (TPSA) is 29.5 Å². The highest BCUT2D eigenvalue weighted by molar-refractivity contribution is 5.76. The summed E-state index contributed by atoms with van der Waals surface area (Å²) in [7, 11) is 0. The fraction of sp³-hybridized carbons (Fsp3) is 0.588. The second-order valence-corrected chi connectivity index (χ2v) is 6.50. The van der Waals surface area contributed by atoms with Gasteiger partial charge in [0.05, 0.1) is 6.61 Å². The summed E-state index contributed by atoms with van der Waals surface area (Å²) in [5.74, 6) is 0.190. The maximum atomic E-state index is 12.1. The molecule has 1 amide bonds. The van der Waals surface area contributed by atoms with Crippen molar-refractivity contribution >= 4 is 5.91 Å². The van der Waals surface area contributed by atoms with Gasteiger partial charge in [0.1, 0.15) is 6.23 Å². The van der Waals surface area contributed by atoms with E-state index in [0.29, 0.717) is 13.0 Å². The van der Waals surface area contributed by atoms with E-state index in [9.17, 15) is 4.79 Å². The quantitative estimate of drug-likeness (QED) is 0.848. The maximum absolute atomic E-state index is 12.1. The van der Waals surface area contributed by atoms with Crippen LogP contribution in [0.1, 0.15) is 45.2 Å². The molecular weight excluding hydrogens is 250 g/mol. The van der Waals surface area contributed by atoms with E-state index in [4.69, 9.17) is 4.74 Å². The van der Waals surface area contributed by atoms with Gasteiger partial charge in [0.25, 0.3) is 0 Å². The van der Waals surface area contributed by atoms with Gasteiger partial charge >= 0.3 is 0 Å².